The molecule has 0 aliphatic heterocycles. The summed E-state index contributed by atoms with van der Waals surface area (Å²) in [5.74, 6) is 2.20. The summed E-state index contributed by atoms with van der Waals surface area (Å²) in [4.78, 5) is 8.01. The molecular weight excluding hydrogens is 260 g/mol. The third kappa shape index (κ3) is 4.22. The number of methoxy groups -OCH3 is 1. The number of rotatable bonds is 6. The maximum absolute atomic E-state index is 10.1. The maximum atomic E-state index is 10.1. The zero-order valence-corrected chi connectivity index (χ0v) is 11.5. The van der Waals surface area contributed by atoms with E-state index in [0.717, 1.165) is 22.8 Å². The number of benzene rings is 1. The van der Waals surface area contributed by atoms with Gasteiger partial charge < -0.3 is 9.84 Å². The summed E-state index contributed by atoms with van der Waals surface area (Å²) >= 11 is 1.65. The van der Waals surface area contributed by atoms with Crippen LogP contribution in [0.1, 0.15) is 17.4 Å². The molecule has 1 heterocycles. The highest BCUT2D eigenvalue weighted by Gasteiger charge is 2.08. The summed E-state index contributed by atoms with van der Waals surface area (Å²) in [5.41, 5.74) is 1.87. The summed E-state index contributed by atoms with van der Waals surface area (Å²) < 4.78 is 5.09. The van der Waals surface area contributed by atoms with Crippen molar-refractivity contribution in [2.24, 2.45) is 0 Å². The van der Waals surface area contributed by atoms with Gasteiger partial charge in [-0.1, -0.05) is 12.1 Å². The van der Waals surface area contributed by atoms with Crippen molar-refractivity contribution in [3.8, 4) is 5.75 Å². The summed E-state index contributed by atoms with van der Waals surface area (Å²) in [5, 5.41) is 10.1. The minimum atomic E-state index is -0.474. The predicted octanol–water partition coefficient (Wildman–Crippen LogP) is 2.45. The summed E-state index contributed by atoms with van der Waals surface area (Å²) in [6, 6.07) is 9.36. The van der Waals surface area contributed by atoms with Crippen LogP contribution in [0.5, 0.6) is 5.75 Å². The summed E-state index contributed by atoms with van der Waals surface area (Å²) in [7, 11) is 1.63. The summed E-state index contributed by atoms with van der Waals surface area (Å²) in [6.45, 7) is 0. The SMILES string of the molecule is COc1ccc(C(O)CSCc2ccncn2)cc1. The van der Waals surface area contributed by atoms with Crippen molar-refractivity contribution in [3.63, 3.8) is 0 Å². The highest BCUT2D eigenvalue weighted by Crippen LogP contribution is 2.22. The quantitative estimate of drug-likeness (QED) is 0.878. The van der Waals surface area contributed by atoms with Gasteiger partial charge in [-0.25, -0.2) is 9.97 Å². The number of nitrogens with zero attached hydrogens (tertiary/aromatic N) is 2. The van der Waals surface area contributed by atoms with E-state index in [0.29, 0.717) is 5.75 Å². The van der Waals surface area contributed by atoms with E-state index in [4.69, 9.17) is 4.74 Å². The molecule has 0 radical (unpaired) electrons. The highest BCUT2D eigenvalue weighted by molar-refractivity contribution is 7.98. The van der Waals surface area contributed by atoms with Gasteiger partial charge in [0, 0.05) is 17.7 Å². The number of thioether (sulfide) groups is 1. The molecule has 100 valence electrons. The fourth-order valence-corrected chi connectivity index (χ4v) is 2.51. The first kappa shape index (κ1) is 13.8. The van der Waals surface area contributed by atoms with Gasteiger partial charge in [-0.05, 0) is 23.8 Å². The van der Waals surface area contributed by atoms with Crippen molar-refractivity contribution in [2.45, 2.75) is 11.9 Å². The second-order valence-corrected chi connectivity index (χ2v) is 5.04. The summed E-state index contributed by atoms with van der Waals surface area (Å²) in [6.07, 6.45) is 2.79. The van der Waals surface area contributed by atoms with Crippen LogP contribution in [0.3, 0.4) is 0 Å². The van der Waals surface area contributed by atoms with Gasteiger partial charge in [0.15, 0.2) is 0 Å². The Morgan fingerprint density at radius 3 is 2.68 bits per heavy atom. The molecule has 1 aromatic heterocycles. The molecule has 19 heavy (non-hydrogen) atoms. The molecule has 1 unspecified atom stereocenters. The van der Waals surface area contributed by atoms with Crippen LogP contribution in [-0.2, 0) is 5.75 Å². The Hall–Kier alpha value is -1.59. The molecule has 0 saturated carbocycles. The van der Waals surface area contributed by atoms with Crippen LogP contribution in [0, 0.1) is 0 Å². The van der Waals surface area contributed by atoms with Gasteiger partial charge in [-0.2, -0.15) is 11.8 Å². The lowest BCUT2D eigenvalue weighted by molar-refractivity contribution is 0.204. The van der Waals surface area contributed by atoms with Crippen LogP contribution >= 0.6 is 11.8 Å². The van der Waals surface area contributed by atoms with E-state index < -0.39 is 6.10 Å². The Labute approximate surface area is 116 Å². The number of aliphatic hydroxyl groups excluding tert-OH is 1. The van der Waals surface area contributed by atoms with Crippen LogP contribution in [0.25, 0.3) is 0 Å². The lowest BCUT2D eigenvalue weighted by Gasteiger charge is -2.11. The first-order valence-electron chi connectivity index (χ1n) is 5.94. The third-order valence-electron chi connectivity index (χ3n) is 2.67. The molecular formula is C14H16N2O2S. The van der Waals surface area contributed by atoms with Gasteiger partial charge in [0.1, 0.15) is 12.1 Å². The molecule has 0 fully saturated rings. The van der Waals surface area contributed by atoms with E-state index in [-0.39, 0.29) is 0 Å². The first-order chi connectivity index (χ1) is 9.29. The average Bonchev–Trinajstić information content (AvgIpc) is 2.48. The molecule has 2 rings (SSSR count). The van der Waals surface area contributed by atoms with Gasteiger partial charge >= 0.3 is 0 Å². The largest absolute Gasteiger partial charge is 0.497 e. The fraction of sp³-hybridized carbons (Fsp3) is 0.286. The van der Waals surface area contributed by atoms with Crippen LogP contribution in [0.15, 0.2) is 42.9 Å². The zero-order valence-electron chi connectivity index (χ0n) is 10.7. The second kappa shape index (κ2) is 7.11. The van der Waals surface area contributed by atoms with Crippen LogP contribution < -0.4 is 4.74 Å². The monoisotopic (exact) mass is 276 g/mol. The third-order valence-corrected chi connectivity index (χ3v) is 3.72. The van der Waals surface area contributed by atoms with Crippen LogP contribution in [0.4, 0.5) is 0 Å². The molecule has 0 amide bonds. The minimum Gasteiger partial charge on any atom is -0.497 e. The van der Waals surface area contributed by atoms with Gasteiger partial charge in [-0.15, -0.1) is 0 Å². The number of hydrogen-bond acceptors (Lipinski definition) is 5. The van der Waals surface area contributed by atoms with Crippen molar-refractivity contribution >= 4 is 11.8 Å². The van der Waals surface area contributed by atoms with E-state index in [1.165, 1.54) is 6.33 Å². The standard InChI is InChI=1S/C14H16N2O2S/c1-18-13-4-2-11(3-5-13)14(17)9-19-8-12-6-7-15-10-16-12/h2-7,10,14,17H,8-9H2,1H3. The number of hydrogen-bond donors (Lipinski definition) is 1. The van der Waals surface area contributed by atoms with Crippen LogP contribution in [0.2, 0.25) is 0 Å². The van der Waals surface area contributed by atoms with Crippen molar-refractivity contribution in [3.05, 3.63) is 54.1 Å². The lowest BCUT2D eigenvalue weighted by Crippen LogP contribution is -2.01. The van der Waals surface area contributed by atoms with Gasteiger partial charge in [-0.3, -0.25) is 0 Å². The van der Waals surface area contributed by atoms with Crippen LogP contribution in [-0.4, -0.2) is 27.9 Å². The van der Waals surface area contributed by atoms with E-state index in [1.54, 1.807) is 25.1 Å². The lowest BCUT2D eigenvalue weighted by atomic mass is 10.1. The molecule has 0 aliphatic rings. The van der Waals surface area contributed by atoms with Gasteiger partial charge in [0.2, 0.25) is 0 Å². The average molecular weight is 276 g/mol. The molecule has 1 N–H and O–H groups in total. The Morgan fingerprint density at radius 2 is 2.05 bits per heavy atom. The molecule has 2 aromatic rings. The van der Waals surface area contributed by atoms with E-state index >= 15 is 0 Å². The topological polar surface area (TPSA) is 55.2 Å². The van der Waals surface area contributed by atoms with Crippen molar-refractivity contribution in [1.82, 2.24) is 9.97 Å². The number of aliphatic hydroxyl groups is 1. The van der Waals surface area contributed by atoms with Crippen molar-refractivity contribution in [2.75, 3.05) is 12.9 Å². The molecule has 0 saturated heterocycles. The Balaban J connectivity index is 1.82. The van der Waals surface area contributed by atoms with E-state index in [9.17, 15) is 5.11 Å². The minimum absolute atomic E-state index is 0.474. The second-order valence-electron chi connectivity index (χ2n) is 4.00. The van der Waals surface area contributed by atoms with Crippen molar-refractivity contribution in [1.29, 1.82) is 0 Å². The zero-order chi connectivity index (χ0) is 13.5. The fourth-order valence-electron chi connectivity index (χ4n) is 1.60. The maximum Gasteiger partial charge on any atom is 0.118 e. The van der Waals surface area contributed by atoms with E-state index in [1.807, 2.05) is 30.3 Å². The van der Waals surface area contributed by atoms with Crippen molar-refractivity contribution < 1.29 is 9.84 Å². The Kier molecular flexibility index (Phi) is 5.18. The Bertz CT molecular complexity index is 491. The molecule has 1 aromatic carbocycles. The number of ether oxygens (including phenoxy) is 1. The molecule has 5 heteroatoms. The molecule has 0 bridgehead atoms. The first-order valence-corrected chi connectivity index (χ1v) is 7.09. The molecule has 0 spiro atoms. The van der Waals surface area contributed by atoms with Gasteiger partial charge in [0.05, 0.1) is 18.9 Å². The normalized spacial score (nSPS) is 12.1. The Morgan fingerprint density at radius 1 is 1.26 bits per heavy atom. The smallest absolute Gasteiger partial charge is 0.118 e. The predicted molar refractivity (Wildman–Crippen MR) is 76.1 cm³/mol. The van der Waals surface area contributed by atoms with E-state index in [2.05, 4.69) is 9.97 Å². The molecule has 0 aliphatic carbocycles. The molecule has 4 nitrogen and oxygen atoms in total. The molecule has 1 atom stereocenters. The van der Waals surface area contributed by atoms with Gasteiger partial charge in [0.25, 0.3) is 0 Å². The highest BCUT2D eigenvalue weighted by atomic mass is 32.2. The number of aromatic nitrogens is 2.